The molecule has 0 aliphatic rings. The van der Waals surface area contributed by atoms with Crippen molar-refractivity contribution in [3.63, 3.8) is 0 Å². The van der Waals surface area contributed by atoms with Crippen molar-refractivity contribution >= 4 is 15.9 Å². The molecule has 12 heteroatoms. The van der Waals surface area contributed by atoms with Crippen LogP contribution >= 0.6 is 0 Å². The Morgan fingerprint density at radius 2 is 1.88 bits per heavy atom. The third-order valence-electron chi connectivity index (χ3n) is 5.01. The topological polar surface area (TPSA) is 111 Å². The van der Waals surface area contributed by atoms with Crippen LogP contribution in [0.3, 0.4) is 0 Å². The minimum atomic E-state index is -4.73. The third kappa shape index (κ3) is 5.07. The van der Waals surface area contributed by atoms with Crippen LogP contribution in [0.1, 0.15) is 30.2 Å². The van der Waals surface area contributed by atoms with E-state index in [9.17, 15) is 31.5 Å². The summed E-state index contributed by atoms with van der Waals surface area (Å²) in [7, 11) is -2.81. The predicted molar refractivity (Wildman–Crippen MR) is 117 cm³/mol. The highest BCUT2D eigenvalue weighted by molar-refractivity contribution is 7.90. The van der Waals surface area contributed by atoms with E-state index < -0.39 is 34.4 Å². The predicted octanol–water partition coefficient (Wildman–Crippen LogP) is 3.58. The Labute approximate surface area is 194 Å². The van der Waals surface area contributed by atoms with Crippen LogP contribution in [0.5, 0.6) is 5.75 Å². The molecule has 0 unspecified atom stereocenters. The number of nitrogens with one attached hydrogen (secondary N) is 1. The number of sulfonamides is 1. The Morgan fingerprint density at radius 3 is 2.44 bits per heavy atom. The van der Waals surface area contributed by atoms with Crippen LogP contribution in [0.2, 0.25) is 0 Å². The number of carbonyl (C=O) groups is 1. The molecule has 3 rings (SSSR count). The molecule has 0 saturated carbocycles. The third-order valence-corrected chi connectivity index (χ3v) is 6.48. The number of alkyl halides is 3. The number of amides is 1. The maximum atomic E-state index is 13.5. The van der Waals surface area contributed by atoms with E-state index in [2.05, 4.69) is 5.10 Å². The standard InChI is InChI=1S/C22H22F3N3O5S/c1-4-21(30)27-34(31,32)19-8-6-16(10-15(19)12-29)28-17(11-20(26-28)22(23,24)25)14-5-7-18(33-3)13(2)9-14/h5-11,29H,4,12H2,1-3H3,(H,27,30). The number of halogens is 3. The molecule has 0 fully saturated rings. The molecule has 1 amide bonds. The summed E-state index contributed by atoms with van der Waals surface area (Å²) in [5.41, 5.74) is 0.0214. The summed E-state index contributed by atoms with van der Waals surface area (Å²) in [6.07, 6.45) is -4.81. The summed E-state index contributed by atoms with van der Waals surface area (Å²) >= 11 is 0. The van der Waals surface area contributed by atoms with E-state index in [4.69, 9.17) is 4.74 Å². The first-order valence-electron chi connectivity index (χ1n) is 10.0. The van der Waals surface area contributed by atoms with E-state index in [-0.39, 0.29) is 28.3 Å². The largest absolute Gasteiger partial charge is 0.496 e. The number of aliphatic hydroxyl groups excluding tert-OH is 1. The van der Waals surface area contributed by atoms with Gasteiger partial charge in [-0.2, -0.15) is 18.3 Å². The zero-order valence-electron chi connectivity index (χ0n) is 18.5. The average Bonchev–Trinajstić information content (AvgIpc) is 3.24. The fourth-order valence-corrected chi connectivity index (χ4v) is 4.59. The van der Waals surface area contributed by atoms with Crippen molar-refractivity contribution in [3.8, 4) is 22.7 Å². The van der Waals surface area contributed by atoms with Crippen molar-refractivity contribution < 1.29 is 36.2 Å². The van der Waals surface area contributed by atoms with Crippen molar-refractivity contribution in [1.29, 1.82) is 0 Å². The number of aliphatic hydroxyl groups is 1. The van der Waals surface area contributed by atoms with Gasteiger partial charge in [-0.25, -0.2) is 17.8 Å². The van der Waals surface area contributed by atoms with Gasteiger partial charge < -0.3 is 9.84 Å². The lowest BCUT2D eigenvalue weighted by Crippen LogP contribution is -2.30. The van der Waals surface area contributed by atoms with Gasteiger partial charge in [-0.15, -0.1) is 0 Å². The average molecular weight is 497 g/mol. The monoisotopic (exact) mass is 497 g/mol. The summed E-state index contributed by atoms with van der Waals surface area (Å²) < 4.78 is 73.6. The molecular weight excluding hydrogens is 475 g/mol. The number of hydrogen-bond donors (Lipinski definition) is 2. The summed E-state index contributed by atoms with van der Waals surface area (Å²) in [5.74, 6) is -0.191. The van der Waals surface area contributed by atoms with E-state index in [1.54, 1.807) is 25.1 Å². The molecule has 1 aromatic heterocycles. The van der Waals surface area contributed by atoms with Crippen molar-refractivity contribution in [2.24, 2.45) is 0 Å². The Morgan fingerprint density at radius 1 is 1.18 bits per heavy atom. The van der Waals surface area contributed by atoms with Crippen LogP contribution in [-0.2, 0) is 27.6 Å². The first kappa shape index (κ1) is 25.2. The molecule has 3 aromatic rings. The number of carbonyl (C=O) groups excluding carboxylic acids is 1. The maximum Gasteiger partial charge on any atom is 0.435 e. The van der Waals surface area contributed by atoms with E-state index in [1.807, 2.05) is 4.72 Å². The van der Waals surface area contributed by atoms with Gasteiger partial charge in [0.1, 0.15) is 5.75 Å². The van der Waals surface area contributed by atoms with Gasteiger partial charge in [-0.1, -0.05) is 6.92 Å². The highest BCUT2D eigenvalue weighted by Gasteiger charge is 2.35. The van der Waals surface area contributed by atoms with Crippen LogP contribution in [-0.4, -0.2) is 36.3 Å². The number of benzene rings is 2. The molecule has 2 aromatic carbocycles. The normalized spacial score (nSPS) is 12.0. The van der Waals surface area contributed by atoms with Gasteiger partial charge in [0.15, 0.2) is 5.69 Å². The second kappa shape index (κ2) is 9.47. The molecule has 0 spiro atoms. The van der Waals surface area contributed by atoms with Crippen LogP contribution in [0.25, 0.3) is 16.9 Å². The summed E-state index contributed by atoms with van der Waals surface area (Å²) in [6.45, 7) is 2.47. The molecule has 34 heavy (non-hydrogen) atoms. The van der Waals surface area contributed by atoms with E-state index in [0.29, 0.717) is 16.9 Å². The number of nitrogens with zero attached hydrogens (tertiary/aromatic N) is 2. The Balaban J connectivity index is 2.18. The molecular formula is C22H22F3N3O5S. The van der Waals surface area contributed by atoms with E-state index in [0.717, 1.165) is 16.8 Å². The first-order chi connectivity index (χ1) is 15.9. The van der Waals surface area contributed by atoms with Gasteiger partial charge in [0.25, 0.3) is 10.0 Å². The van der Waals surface area contributed by atoms with Crippen molar-refractivity contribution in [2.75, 3.05) is 7.11 Å². The molecule has 0 atom stereocenters. The molecule has 8 nitrogen and oxygen atoms in total. The Kier molecular flexibility index (Phi) is 7.03. The maximum absolute atomic E-state index is 13.5. The van der Waals surface area contributed by atoms with Crippen LogP contribution in [0.15, 0.2) is 47.4 Å². The number of rotatable bonds is 7. The highest BCUT2D eigenvalue weighted by Crippen LogP contribution is 2.35. The fourth-order valence-electron chi connectivity index (χ4n) is 3.32. The lowest BCUT2D eigenvalue weighted by atomic mass is 10.1. The van der Waals surface area contributed by atoms with Gasteiger partial charge in [-0.05, 0) is 55.0 Å². The van der Waals surface area contributed by atoms with Gasteiger partial charge in [-0.3, -0.25) is 4.79 Å². The Hall–Kier alpha value is -3.38. The van der Waals surface area contributed by atoms with Crippen LogP contribution in [0.4, 0.5) is 13.2 Å². The van der Waals surface area contributed by atoms with Gasteiger partial charge in [0.05, 0.1) is 30.0 Å². The van der Waals surface area contributed by atoms with Crippen LogP contribution in [0, 0.1) is 6.92 Å². The summed E-state index contributed by atoms with van der Waals surface area (Å²) in [5, 5.41) is 13.4. The number of hydrogen-bond acceptors (Lipinski definition) is 6. The zero-order chi connectivity index (χ0) is 25.3. The first-order valence-corrected chi connectivity index (χ1v) is 11.5. The molecule has 1 heterocycles. The fraction of sp³-hybridized carbons (Fsp3) is 0.273. The van der Waals surface area contributed by atoms with Crippen molar-refractivity contribution in [2.45, 2.75) is 37.9 Å². The molecule has 0 saturated heterocycles. The molecule has 0 aliphatic heterocycles. The van der Waals surface area contributed by atoms with Crippen LogP contribution < -0.4 is 9.46 Å². The highest BCUT2D eigenvalue weighted by atomic mass is 32.2. The minimum Gasteiger partial charge on any atom is -0.496 e. The lowest BCUT2D eigenvalue weighted by Gasteiger charge is -2.14. The number of ether oxygens (including phenoxy) is 1. The second-order valence-corrected chi connectivity index (χ2v) is 8.99. The van der Waals surface area contributed by atoms with E-state index >= 15 is 0 Å². The van der Waals surface area contributed by atoms with E-state index in [1.165, 1.54) is 26.2 Å². The number of aryl methyl sites for hydroxylation is 1. The summed E-state index contributed by atoms with van der Waals surface area (Å²) in [6, 6.07) is 9.26. The molecule has 0 bridgehead atoms. The van der Waals surface area contributed by atoms with Crippen molar-refractivity contribution in [1.82, 2.24) is 14.5 Å². The SMILES string of the molecule is CCC(=O)NS(=O)(=O)c1ccc(-n2nc(C(F)(F)F)cc2-c2ccc(OC)c(C)c2)cc1CO. The molecule has 0 aliphatic carbocycles. The quantitative estimate of drug-likeness (QED) is 0.516. The molecule has 2 N–H and O–H groups in total. The Bertz CT molecular complexity index is 1330. The second-order valence-electron chi connectivity index (χ2n) is 7.34. The zero-order valence-corrected chi connectivity index (χ0v) is 19.3. The molecule has 0 radical (unpaired) electrons. The van der Waals surface area contributed by atoms with Gasteiger partial charge in [0, 0.05) is 17.5 Å². The minimum absolute atomic E-state index is 0.0794. The smallest absolute Gasteiger partial charge is 0.435 e. The van der Waals surface area contributed by atoms with Crippen molar-refractivity contribution in [3.05, 3.63) is 59.3 Å². The van der Waals surface area contributed by atoms with Gasteiger partial charge >= 0.3 is 6.18 Å². The molecule has 182 valence electrons. The van der Waals surface area contributed by atoms with Gasteiger partial charge in [0.2, 0.25) is 5.91 Å². The lowest BCUT2D eigenvalue weighted by molar-refractivity contribution is -0.141. The summed E-state index contributed by atoms with van der Waals surface area (Å²) in [4.78, 5) is 11.2. The number of methoxy groups -OCH3 is 1. The number of aromatic nitrogens is 2.